The number of ketones is 1. The SMILES string of the molecule is CCCN1C(=O)C(=O)/C(=C(\O)c2ccc3c(c2)CC(C)O3)C1c1cccc(OC(C)=O)c1. The Bertz CT molecular complexity index is 1140. The van der Waals surface area contributed by atoms with Gasteiger partial charge in [-0.1, -0.05) is 19.1 Å². The van der Waals surface area contributed by atoms with Crippen LogP contribution in [0.3, 0.4) is 0 Å². The van der Waals surface area contributed by atoms with Crippen molar-refractivity contribution in [2.24, 2.45) is 0 Å². The summed E-state index contributed by atoms with van der Waals surface area (Å²) in [4.78, 5) is 38.7. The predicted molar refractivity (Wildman–Crippen MR) is 117 cm³/mol. The number of carbonyl (C=O) groups excluding carboxylic acids is 3. The second-order valence-corrected chi connectivity index (χ2v) is 8.11. The van der Waals surface area contributed by atoms with Crippen LogP contribution in [0, 0.1) is 0 Å². The van der Waals surface area contributed by atoms with E-state index in [1.807, 2.05) is 13.8 Å². The number of fused-ring (bicyclic) bond motifs is 1. The summed E-state index contributed by atoms with van der Waals surface area (Å²) >= 11 is 0. The molecule has 32 heavy (non-hydrogen) atoms. The minimum Gasteiger partial charge on any atom is -0.507 e. The molecule has 2 aliphatic heterocycles. The molecule has 7 heteroatoms. The number of ether oxygens (including phenoxy) is 2. The summed E-state index contributed by atoms with van der Waals surface area (Å²) in [7, 11) is 0. The summed E-state index contributed by atoms with van der Waals surface area (Å²) < 4.78 is 10.9. The van der Waals surface area contributed by atoms with Gasteiger partial charge in [-0.05, 0) is 54.8 Å². The number of carbonyl (C=O) groups is 3. The molecule has 2 heterocycles. The number of benzene rings is 2. The van der Waals surface area contributed by atoms with E-state index in [1.165, 1.54) is 11.8 Å². The molecule has 1 saturated heterocycles. The van der Waals surface area contributed by atoms with Gasteiger partial charge in [-0.3, -0.25) is 14.4 Å². The highest BCUT2D eigenvalue weighted by molar-refractivity contribution is 6.46. The van der Waals surface area contributed by atoms with E-state index in [1.54, 1.807) is 42.5 Å². The Balaban J connectivity index is 1.83. The number of Topliss-reactive ketones (excluding diaryl/α,β-unsaturated/α-hetero) is 1. The molecule has 1 N–H and O–H groups in total. The van der Waals surface area contributed by atoms with Gasteiger partial charge < -0.3 is 19.5 Å². The van der Waals surface area contributed by atoms with Gasteiger partial charge in [-0.25, -0.2) is 0 Å². The number of aliphatic hydroxyl groups is 1. The van der Waals surface area contributed by atoms with Gasteiger partial charge in [0.25, 0.3) is 11.7 Å². The highest BCUT2D eigenvalue weighted by Gasteiger charge is 2.45. The van der Waals surface area contributed by atoms with Crippen LogP contribution in [-0.2, 0) is 20.8 Å². The lowest BCUT2D eigenvalue weighted by Gasteiger charge is -2.25. The number of likely N-dealkylation sites (tertiary alicyclic amines) is 1. The van der Waals surface area contributed by atoms with Crippen molar-refractivity contribution in [3.05, 3.63) is 64.7 Å². The monoisotopic (exact) mass is 435 g/mol. The van der Waals surface area contributed by atoms with Gasteiger partial charge in [0.2, 0.25) is 0 Å². The van der Waals surface area contributed by atoms with Crippen LogP contribution < -0.4 is 9.47 Å². The van der Waals surface area contributed by atoms with Gasteiger partial charge in [-0.15, -0.1) is 0 Å². The smallest absolute Gasteiger partial charge is 0.308 e. The van der Waals surface area contributed by atoms with Crippen LogP contribution in [-0.4, -0.2) is 40.3 Å². The third kappa shape index (κ3) is 3.86. The molecular weight excluding hydrogens is 410 g/mol. The molecule has 2 aliphatic rings. The molecule has 0 aliphatic carbocycles. The lowest BCUT2D eigenvalue weighted by atomic mass is 9.94. The van der Waals surface area contributed by atoms with Gasteiger partial charge in [0.1, 0.15) is 23.4 Å². The maximum absolute atomic E-state index is 13.0. The Morgan fingerprint density at radius 3 is 2.72 bits per heavy atom. The van der Waals surface area contributed by atoms with E-state index in [4.69, 9.17) is 9.47 Å². The first-order valence-corrected chi connectivity index (χ1v) is 10.7. The Morgan fingerprint density at radius 2 is 2.00 bits per heavy atom. The van der Waals surface area contributed by atoms with Crippen LogP contribution in [0.4, 0.5) is 0 Å². The van der Waals surface area contributed by atoms with Crippen molar-refractivity contribution in [2.45, 2.75) is 45.8 Å². The maximum Gasteiger partial charge on any atom is 0.308 e. The molecule has 4 rings (SSSR count). The van der Waals surface area contributed by atoms with E-state index in [0.717, 1.165) is 11.3 Å². The molecule has 0 saturated carbocycles. The van der Waals surface area contributed by atoms with E-state index in [2.05, 4.69) is 0 Å². The number of hydrogen-bond donors (Lipinski definition) is 1. The molecule has 0 spiro atoms. The lowest BCUT2D eigenvalue weighted by Crippen LogP contribution is -2.30. The highest BCUT2D eigenvalue weighted by atomic mass is 16.5. The van der Waals surface area contributed by atoms with E-state index in [9.17, 15) is 19.5 Å². The van der Waals surface area contributed by atoms with Gasteiger partial charge in [0.15, 0.2) is 0 Å². The summed E-state index contributed by atoms with van der Waals surface area (Å²) in [6.07, 6.45) is 1.39. The largest absolute Gasteiger partial charge is 0.507 e. The fraction of sp³-hybridized carbons (Fsp3) is 0.320. The van der Waals surface area contributed by atoms with Gasteiger partial charge in [0, 0.05) is 25.5 Å². The van der Waals surface area contributed by atoms with Gasteiger partial charge >= 0.3 is 5.97 Å². The first kappa shape index (κ1) is 21.6. The van der Waals surface area contributed by atoms with Crippen LogP contribution in [0.25, 0.3) is 5.76 Å². The molecule has 7 nitrogen and oxygen atoms in total. The third-order valence-electron chi connectivity index (χ3n) is 5.61. The van der Waals surface area contributed by atoms with Crippen LogP contribution in [0.5, 0.6) is 11.5 Å². The quantitative estimate of drug-likeness (QED) is 0.253. The first-order valence-electron chi connectivity index (χ1n) is 10.7. The number of esters is 1. The molecule has 2 unspecified atom stereocenters. The average Bonchev–Trinajstić information content (AvgIpc) is 3.24. The Kier molecular flexibility index (Phi) is 5.74. The predicted octanol–water partition coefficient (Wildman–Crippen LogP) is 3.77. The topological polar surface area (TPSA) is 93.1 Å². The maximum atomic E-state index is 13.0. The van der Waals surface area contributed by atoms with Crippen LogP contribution in [0.1, 0.15) is 49.9 Å². The zero-order valence-electron chi connectivity index (χ0n) is 18.3. The molecule has 1 amide bonds. The van der Waals surface area contributed by atoms with Crippen molar-refractivity contribution in [2.75, 3.05) is 6.54 Å². The standard InChI is InChI=1S/C25H25NO6/c1-4-10-26-22(16-6-5-7-19(13-16)32-15(3)27)21(24(29)25(26)30)23(28)17-8-9-20-18(12-17)11-14(2)31-20/h5-9,12-14,22,28H,4,10-11H2,1-3H3/b23-21-. The van der Waals surface area contributed by atoms with Crippen molar-refractivity contribution < 1.29 is 29.0 Å². The number of hydrogen-bond acceptors (Lipinski definition) is 6. The summed E-state index contributed by atoms with van der Waals surface area (Å²) in [5.41, 5.74) is 2.00. The molecule has 2 aromatic rings. The lowest BCUT2D eigenvalue weighted by molar-refractivity contribution is -0.139. The van der Waals surface area contributed by atoms with Gasteiger partial charge in [-0.2, -0.15) is 0 Å². The Labute approximate surface area is 186 Å². The molecule has 0 bridgehead atoms. The summed E-state index contributed by atoms with van der Waals surface area (Å²) in [5.74, 6) is -1.03. The normalized spacial score (nSPS) is 21.4. The van der Waals surface area contributed by atoms with Crippen molar-refractivity contribution >= 4 is 23.4 Å². The highest BCUT2D eigenvalue weighted by Crippen LogP contribution is 2.41. The Hall–Kier alpha value is -3.61. The Morgan fingerprint density at radius 1 is 1.22 bits per heavy atom. The fourth-order valence-electron chi connectivity index (χ4n) is 4.34. The number of amides is 1. The van der Waals surface area contributed by atoms with E-state index in [-0.39, 0.29) is 17.4 Å². The number of rotatable bonds is 5. The molecule has 2 atom stereocenters. The fourth-order valence-corrected chi connectivity index (χ4v) is 4.34. The number of aliphatic hydroxyl groups excluding tert-OH is 1. The average molecular weight is 435 g/mol. The van der Waals surface area contributed by atoms with E-state index in [0.29, 0.717) is 36.3 Å². The zero-order valence-corrected chi connectivity index (χ0v) is 18.3. The van der Waals surface area contributed by atoms with Crippen LogP contribution >= 0.6 is 0 Å². The van der Waals surface area contributed by atoms with Crippen molar-refractivity contribution in [3.8, 4) is 11.5 Å². The molecule has 0 radical (unpaired) electrons. The zero-order chi connectivity index (χ0) is 23.0. The minimum absolute atomic E-state index is 0.0235. The number of nitrogens with zero attached hydrogens (tertiary/aromatic N) is 1. The van der Waals surface area contributed by atoms with Crippen molar-refractivity contribution in [1.29, 1.82) is 0 Å². The molecule has 2 aromatic carbocycles. The molecular formula is C25H25NO6. The van der Waals surface area contributed by atoms with Crippen LogP contribution in [0.15, 0.2) is 48.0 Å². The molecule has 1 fully saturated rings. The molecule has 166 valence electrons. The first-order chi connectivity index (χ1) is 15.3. The minimum atomic E-state index is -0.783. The summed E-state index contributed by atoms with van der Waals surface area (Å²) in [6.45, 7) is 5.52. The summed E-state index contributed by atoms with van der Waals surface area (Å²) in [6, 6.07) is 11.1. The van der Waals surface area contributed by atoms with Crippen molar-refractivity contribution in [3.63, 3.8) is 0 Å². The second-order valence-electron chi connectivity index (χ2n) is 8.11. The summed E-state index contributed by atoms with van der Waals surface area (Å²) in [5, 5.41) is 11.2. The molecule has 0 aromatic heterocycles. The van der Waals surface area contributed by atoms with E-state index >= 15 is 0 Å². The second kappa shape index (κ2) is 8.49. The van der Waals surface area contributed by atoms with Gasteiger partial charge in [0.05, 0.1) is 11.6 Å². The third-order valence-corrected chi connectivity index (χ3v) is 5.61. The van der Waals surface area contributed by atoms with Crippen molar-refractivity contribution in [1.82, 2.24) is 4.90 Å². The van der Waals surface area contributed by atoms with E-state index < -0.39 is 23.7 Å². The van der Waals surface area contributed by atoms with Crippen LogP contribution in [0.2, 0.25) is 0 Å².